The Kier molecular flexibility index (Phi) is 6.30. The predicted octanol–water partition coefficient (Wildman–Crippen LogP) is 2.65. The van der Waals surface area contributed by atoms with E-state index in [2.05, 4.69) is 31.4 Å². The van der Waals surface area contributed by atoms with Crippen molar-refractivity contribution >= 4 is 23.5 Å². The van der Waals surface area contributed by atoms with Crippen molar-refractivity contribution in [3.63, 3.8) is 0 Å². The SMILES string of the molecule is CC(NC(=O)c1ccc(NC(=O)CCC(C)(C)C)cc1)C(=O)O. The maximum atomic E-state index is 11.8. The van der Waals surface area contributed by atoms with Crippen LogP contribution in [0.3, 0.4) is 0 Å². The van der Waals surface area contributed by atoms with Crippen molar-refractivity contribution in [1.82, 2.24) is 5.32 Å². The fourth-order valence-corrected chi connectivity index (χ4v) is 1.76. The minimum absolute atomic E-state index is 0.0726. The molecule has 1 rings (SSSR count). The Morgan fingerprint density at radius 2 is 1.70 bits per heavy atom. The first-order chi connectivity index (χ1) is 10.6. The normalized spacial score (nSPS) is 12.3. The molecule has 6 nitrogen and oxygen atoms in total. The third kappa shape index (κ3) is 6.95. The van der Waals surface area contributed by atoms with Crippen LogP contribution in [0.25, 0.3) is 0 Å². The summed E-state index contributed by atoms with van der Waals surface area (Å²) in [4.78, 5) is 34.4. The number of hydrogen-bond donors (Lipinski definition) is 3. The largest absolute Gasteiger partial charge is 0.480 e. The molecular weight excluding hydrogens is 296 g/mol. The van der Waals surface area contributed by atoms with Gasteiger partial charge in [-0.3, -0.25) is 14.4 Å². The number of benzene rings is 1. The molecule has 2 amide bonds. The van der Waals surface area contributed by atoms with E-state index in [4.69, 9.17) is 5.11 Å². The molecule has 0 radical (unpaired) electrons. The summed E-state index contributed by atoms with van der Waals surface area (Å²) in [5, 5.41) is 13.9. The van der Waals surface area contributed by atoms with Crippen molar-refractivity contribution in [2.24, 2.45) is 5.41 Å². The minimum atomic E-state index is -1.10. The van der Waals surface area contributed by atoms with Gasteiger partial charge >= 0.3 is 5.97 Å². The highest BCUT2D eigenvalue weighted by Gasteiger charge is 2.16. The lowest BCUT2D eigenvalue weighted by atomic mass is 9.90. The van der Waals surface area contributed by atoms with E-state index in [0.29, 0.717) is 17.7 Å². The van der Waals surface area contributed by atoms with E-state index < -0.39 is 17.9 Å². The number of hydrogen-bond acceptors (Lipinski definition) is 3. The second kappa shape index (κ2) is 7.76. The molecule has 1 aromatic carbocycles. The lowest BCUT2D eigenvalue weighted by molar-refractivity contribution is -0.138. The van der Waals surface area contributed by atoms with Gasteiger partial charge in [0.2, 0.25) is 5.91 Å². The topological polar surface area (TPSA) is 95.5 Å². The summed E-state index contributed by atoms with van der Waals surface area (Å²) in [5.41, 5.74) is 1.04. The van der Waals surface area contributed by atoms with Gasteiger partial charge < -0.3 is 15.7 Å². The molecule has 0 aliphatic carbocycles. The maximum absolute atomic E-state index is 11.8. The molecule has 0 spiro atoms. The number of amides is 2. The second-order valence-electron chi connectivity index (χ2n) is 6.72. The summed E-state index contributed by atoms with van der Waals surface area (Å²) >= 11 is 0. The van der Waals surface area contributed by atoms with Gasteiger partial charge in [0.05, 0.1) is 0 Å². The maximum Gasteiger partial charge on any atom is 0.325 e. The molecule has 0 saturated carbocycles. The summed E-state index contributed by atoms with van der Waals surface area (Å²) in [6.45, 7) is 7.62. The first-order valence-corrected chi connectivity index (χ1v) is 7.52. The van der Waals surface area contributed by atoms with Crippen LogP contribution in [0.4, 0.5) is 5.69 Å². The summed E-state index contributed by atoms with van der Waals surface area (Å²) in [6.07, 6.45) is 1.22. The van der Waals surface area contributed by atoms with E-state index in [-0.39, 0.29) is 11.3 Å². The number of aliphatic carboxylic acids is 1. The smallest absolute Gasteiger partial charge is 0.325 e. The van der Waals surface area contributed by atoms with Gasteiger partial charge in [0, 0.05) is 17.7 Å². The molecule has 3 N–H and O–H groups in total. The zero-order valence-electron chi connectivity index (χ0n) is 14.0. The molecule has 6 heteroatoms. The first-order valence-electron chi connectivity index (χ1n) is 7.52. The quantitative estimate of drug-likeness (QED) is 0.751. The number of anilines is 1. The molecule has 126 valence electrons. The average Bonchev–Trinajstić information content (AvgIpc) is 2.45. The van der Waals surface area contributed by atoms with Gasteiger partial charge in [-0.1, -0.05) is 20.8 Å². The van der Waals surface area contributed by atoms with Crippen LogP contribution in [0.5, 0.6) is 0 Å². The third-order valence-corrected chi connectivity index (χ3v) is 3.25. The summed E-state index contributed by atoms with van der Waals surface area (Å²) in [6, 6.07) is 5.37. The van der Waals surface area contributed by atoms with Crippen LogP contribution in [-0.2, 0) is 9.59 Å². The summed E-state index contributed by atoms with van der Waals surface area (Å²) in [7, 11) is 0. The van der Waals surface area contributed by atoms with Crippen LogP contribution in [0.1, 0.15) is 50.9 Å². The highest BCUT2D eigenvalue weighted by molar-refractivity contribution is 5.97. The average molecular weight is 320 g/mol. The fraction of sp³-hybridized carbons (Fsp3) is 0.471. The summed E-state index contributed by atoms with van der Waals surface area (Å²) in [5.74, 6) is -1.64. The van der Waals surface area contributed by atoms with Gasteiger partial charge in [-0.25, -0.2) is 0 Å². The second-order valence-corrected chi connectivity index (χ2v) is 6.72. The van der Waals surface area contributed by atoms with Crippen LogP contribution in [0, 0.1) is 5.41 Å². The molecule has 0 bridgehead atoms. The third-order valence-electron chi connectivity index (χ3n) is 3.25. The number of carboxylic acid groups (broad SMARTS) is 1. The molecule has 0 aromatic heterocycles. The number of nitrogens with one attached hydrogen (secondary N) is 2. The number of carbonyl (C=O) groups excluding carboxylic acids is 2. The van der Waals surface area contributed by atoms with E-state index in [1.165, 1.54) is 6.92 Å². The van der Waals surface area contributed by atoms with Crippen molar-refractivity contribution in [2.45, 2.75) is 46.6 Å². The minimum Gasteiger partial charge on any atom is -0.480 e. The Bertz CT molecular complexity index is 573. The lowest BCUT2D eigenvalue weighted by Crippen LogP contribution is -2.38. The summed E-state index contributed by atoms with van der Waals surface area (Å²) < 4.78 is 0. The van der Waals surface area contributed by atoms with Crippen LogP contribution in [0.15, 0.2) is 24.3 Å². The van der Waals surface area contributed by atoms with E-state index in [1.807, 2.05) is 0 Å². The molecule has 1 atom stereocenters. The molecule has 1 aromatic rings. The van der Waals surface area contributed by atoms with Gasteiger partial charge in [0.25, 0.3) is 5.91 Å². The molecule has 1 unspecified atom stereocenters. The van der Waals surface area contributed by atoms with Gasteiger partial charge in [0.1, 0.15) is 6.04 Å². The van der Waals surface area contributed by atoms with Crippen molar-refractivity contribution in [3.8, 4) is 0 Å². The fourth-order valence-electron chi connectivity index (χ4n) is 1.76. The van der Waals surface area contributed by atoms with Crippen molar-refractivity contribution in [3.05, 3.63) is 29.8 Å². The van der Waals surface area contributed by atoms with E-state index in [1.54, 1.807) is 24.3 Å². The highest BCUT2D eigenvalue weighted by Crippen LogP contribution is 2.21. The zero-order valence-corrected chi connectivity index (χ0v) is 14.0. The molecule has 0 fully saturated rings. The molecule has 0 heterocycles. The molecular formula is C17H24N2O4. The Labute approximate surface area is 136 Å². The van der Waals surface area contributed by atoms with Gasteiger partial charge in [-0.2, -0.15) is 0 Å². The number of rotatable bonds is 6. The molecule has 0 aliphatic heterocycles. The Balaban J connectivity index is 2.58. The van der Waals surface area contributed by atoms with Gasteiger partial charge in [-0.15, -0.1) is 0 Å². The first kappa shape index (κ1) is 18.7. The van der Waals surface area contributed by atoms with E-state index in [9.17, 15) is 14.4 Å². The molecule has 23 heavy (non-hydrogen) atoms. The Morgan fingerprint density at radius 1 is 1.13 bits per heavy atom. The van der Waals surface area contributed by atoms with Crippen molar-refractivity contribution in [1.29, 1.82) is 0 Å². The van der Waals surface area contributed by atoms with Gasteiger partial charge in [0.15, 0.2) is 0 Å². The molecule has 0 aliphatic rings. The number of carbonyl (C=O) groups is 3. The molecule has 0 saturated heterocycles. The van der Waals surface area contributed by atoms with Gasteiger partial charge in [-0.05, 0) is 43.0 Å². The van der Waals surface area contributed by atoms with Crippen molar-refractivity contribution in [2.75, 3.05) is 5.32 Å². The van der Waals surface area contributed by atoms with Crippen LogP contribution >= 0.6 is 0 Å². The van der Waals surface area contributed by atoms with E-state index in [0.717, 1.165) is 6.42 Å². The number of carboxylic acids is 1. The Morgan fingerprint density at radius 3 is 2.17 bits per heavy atom. The predicted molar refractivity (Wildman–Crippen MR) is 88.3 cm³/mol. The van der Waals surface area contributed by atoms with Crippen LogP contribution in [0.2, 0.25) is 0 Å². The highest BCUT2D eigenvalue weighted by atomic mass is 16.4. The van der Waals surface area contributed by atoms with Crippen LogP contribution in [-0.4, -0.2) is 28.9 Å². The lowest BCUT2D eigenvalue weighted by Gasteiger charge is -2.17. The van der Waals surface area contributed by atoms with Crippen LogP contribution < -0.4 is 10.6 Å². The Hall–Kier alpha value is -2.37. The zero-order chi connectivity index (χ0) is 17.6. The monoisotopic (exact) mass is 320 g/mol. The standard InChI is InChI=1S/C17H24N2O4/c1-11(16(22)23)18-15(21)12-5-7-13(8-6-12)19-14(20)9-10-17(2,3)4/h5-8,11H,9-10H2,1-4H3,(H,18,21)(H,19,20)(H,22,23). The van der Waals surface area contributed by atoms with Crippen molar-refractivity contribution < 1.29 is 19.5 Å². The van der Waals surface area contributed by atoms with E-state index >= 15 is 0 Å².